The van der Waals surface area contributed by atoms with Crippen molar-refractivity contribution in [2.75, 3.05) is 17.7 Å². The molecule has 2 aromatic rings. The van der Waals surface area contributed by atoms with E-state index in [2.05, 4.69) is 15.6 Å². The lowest BCUT2D eigenvalue weighted by Gasteiger charge is -2.10. The number of rotatable bonds is 4. The summed E-state index contributed by atoms with van der Waals surface area (Å²) < 4.78 is 5.08. The zero-order valence-electron chi connectivity index (χ0n) is 11.1. The van der Waals surface area contributed by atoms with Crippen molar-refractivity contribution >= 4 is 23.1 Å². The molecule has 0 spiro atoms. The number of carbonyl (C=O) groups is 1. The van der Waals surface area contributed by atoms with E-state index in [-0.39, 0.29) is 5.69 Å². The van der Waals surface area contributed by atoms with E-state index >= 15 is 0 Å². The van der Waals surface area contributed by atoms with Crippen LogP contribution < -0.4 is 15.4 Å². The van der Waals surface area contributed by atoms with E-state index in [1.54, 1.807) is 12.1 Å². The normalized spacial score (nSPS) is 9.76. The van der Waals surface area contributed by atoms with Crippen LogP contribution in [0.2, 0.25) is 0 Å². The van der Waals surface area contributed by atoms with Gasteiger partial charge in [0.25, 0.3) is 5.69 Å². The molecule has 0 aliphatic carbocycles. The number of hydrogen-bond acceptors (Lipinski definition) is 5. The zero-order chi connectivity index (χ0) is 15.2. The van der Waals surface area contributed by atoms with Crippen LogP contribution in [-0.4, -0.2) is 23.0 Å². The summed E-state index contributed by atoms with van der Waals surface area (Å²) in [4.78, 5) is 25.9. The summed E-state index contributed by atoms with van der Waals surface area (Å²) in [7, 11) is 1.47. The molecule has 0 saturated carbocycles. The fourth-order valence-electron chi connectivity index (χ4n) is 1.64. The molecule has 1 heterocycles. The van der Waals surface area contributed by atoms with Gasteiger partial charge in [0, 0.05) is 30.1 Å². The molecule has 0 bridgehead atoms. The number of nitrogens with one attached hydrogen (secondary N) is 2. The van der Waals surface area contributed by atoms with Gasteiger partial charge in [0.2, 0.25) is 0 Å². The number of benzene rings is 1. The van der Waals surface area contributed by atoms with Gasteiger partial charge in [-0.2, -0.15) is 0 Å². The average molecular weight is 288 g/mol. The van der Waals surface area contributed by atoms with E-state index in [0.717, 1.165) is 0 Å². The van der Waals surface area contributed by atoms with Crippen molar-refractivity contribution in [2.45, 2.75) is 0 Å². The van der Waals surface area contributed by atoms with E-state index in [9.17, 15) is 14.9 Å². The van der Waals surface area contributed by atoms with Gasteiger partial charge in [-0.15, -0.1) is 0 Å². The van der Waals surface area contributed by atoms with Gasteiger partial charge >= 0.3 is 6.03 Å². The predicted molar refractivity (Wildman–Crippen MR) is 76.5 cm³/mol. The Balaban J connectivity index is 2.08. The molecule has 1 aromatic heterocycles. The highest BCUT2D eigenvalue weighted by Crippen LogP contribution is 2.22. The molecule has 108 valence electrons. The lowest BCUT2D eigenvalue weighted by molar-refractivity contribution is -0.384. The number of amides is 2. The minimum Gasteiger partial charge on any atom is -0.494 e. The summed E-state index contributed by atoms with van der Waals surface area (Å²) in [6.45, 7) is 0. The number of ether oxygens (including phenoxy) is 1. The van der Waals surface area contributed by atoms with Crippen molar-refractivity contribution in [3.05, 3.63) is 52.8 Å². The molecule has 8 heteroatoms. The number of carbonyl (C=O) groups excluding carboxylic acids is 1. The zero-order valence-corrected chi connectivity index (χ0v) is 11.1. The number of hydrogen-bond donors (Lipinski definition) is 2. The third-order valence-corrected chi connectivity index (χ3v) is 2.56. The fourth-order valence-corrected chi connectivity index (χ4v) is 1.64. The number of nitrogens with zero attached hydrogens (tertiary/aromatic N) is 2. The van der Waals surface area contributed by atoms with Crippen LogP contribution in [0.25, 0.3) is 0 Å². The molecule has 2 rings (SSSR count). The molecule has 2 N–H and O–H groups in total. The topological polar surface area (TPSA) is 106 Å². The molecule has 0 unspecified atom stereocenters. The van der Waals surface area contributed by atoms with Crippen LogP contribution in [0.5, 0.6) is 5.75 Å². The Bertz CT molecular complexity index is 675. The SMILES string of the molecule is COc1ccncc1NC(=O)Nc1cccc([N+](=O)[O-])c1. The van der Waals surface area contributed by atoms with Gasteiger partial charge < -0.3 is 15.4 Å². The van der Waals surface area contributed by atoms with E-state index in [4.69, 9.17) is 4.74 Å². The van der Waals surface area contributed by atoms with E-state index in [0.29, 0.717) is 17.1 Å². The van der Waals surface area contributed by atoms with Crippen molar-refractivity contribution in [1.82, 2.24) is 4.98 Å². The maximum absolute atomic E-state index is 11.9. The molecule has 8 nitrogen and oxygen atoms in total. The summed E-state index contributed by atoms with van der Waals surface area (Å²) in [6, 6.07) is 6.68. The minimum atomic E-state index is -0.554. The molecule has 2 amide bonds. The third kappa shape index (κ3) is 3.66. The van der Waals surface area contributed by atoms with Crippen molar-refractivity contribution in [2.24, 2.45) is 0 Å². The maximum Gasteiger partial charge on any atom is 0.323 e. The quantitative estimate of drug-likeness (QED) is 0.664. The number of nitro groups is 1. The second-order valence-electron chi connectivity index (χ2n) is 3.96. The number of anilines is 2. The molecular weight excluding hydrogens is 276 g/mol. The summed E-state index contributed by atoms with van der Waals surface area (Å²) in [6.07, 6.45) is 2.97. The summed E-state index contributed by atoms with van der Waals surface area (Å²) in [5.74, 6) is 0.458. The second-order valence-corrected chi connectivity index (χ2v) is 3.96. The first-order valence-corrected chi connectivity index (χ1v) is 5.90. The third-order valence-electron chi connectivity index (χ3n) is 2.56. The predicted octanol–water partition coefficient (Wildman–Crippen LogP) is 2.64. The summed E-state index contributed by atoms with van der Waals surface area (Å²) in [5.41, 5.74) is 0.597. The summed E-state index contributed by atoms with van der Waals surface area (Å²) in [5, 5.41) is 15.7. The number of aromatic nitrogens is 1. The Kier molecular flexibility index (Phi) is 4.30. The second kappa shape index (κ2) is 6.33. The van der Waals surface area contributed by atoms with Gasteiger partial charge in [-0.25, -0.2) is 4.79 Å². The highest BCUT2D eigenvalue weighted by molar-refractivity contribution is 6.00. The van der Waals surface area contributed by atoms with Crippen LogP contribution in [0.1, 0.15) is 0 Å². The Hall–Kier alpha value is -3.16. The molecule has 1 aromatic carbocycles. The first kappa shape index (κ1) is 14.3. The number of non-ortho nitro benzene ring substituents is 1. The Morgan fingerprint density at radius 1 is 1.33 bits per heavy atom. The minimum absolute atomic E-state index is 0.105. The van der Waals surface area contributed by atoms with Gasteiger partial charge in [-0.3, -0.25) is 15.1 Å². The lowest BCUT2D eigenvalue weighted by atomic mass is 10.3. The monoisotopic (exact) mass is 288 g/mol. The lowest BCUT2D eigenvalue weighted by Crippen LogP contribution is -2.20. The van der Waals surface area contributed by atoms with Gasteiger partial charge in [0.1, 0.15) is 11.4 Å². The largest absolute Gasteiger partial charge is 0.494 e. The average Bonchev–Trinajstić information content (AvgIpc) is 2.48. The van der Waals surface area contributed by atoms with E-state index in [1.807, 2.05) is 0 Å². The standard InChI is InChI=1S/C13H12N4O4/c1-21-12-5-6-14-8-11(12)16-13(18)15-9-3-2-4-10(7-9)17(19)20/h2-8H,1H3,(H2,15,16,18). The smallest absolute Gasteiger partial charge is 0.323 e. The van der Waals surface area contributed by atoms with Crippen molar-refractivity contribution in [3.63, 3.8) is 0 Å². The maximum atomic E-state index is 11.9. The molecule has 0 atom stereocenters. The molecule has 0 saturated heterocycles. The van der Waals surface area contributed by atoms with Crippen molar-refractivity contribution in [1.29, 1.82) is 0 Å². The first-order chi connectivity index (χ1) is 10.1. The molecule has 0 aliphatic heterocycles. The summed E-state index contributed by atoms with van der Waals surface area (Å²) >= 11 is 0. The fraction of sp³-hybridized carbons (Fsp3) is 0.0769. The number of pyridine rings is 1. The van der Waals surface area contributed by atoms with Crippen LogP contribution in [0.15, 0.2) is 42.7 Å². The van der Waals surface area contributed by atoms with E-state index in [1.165, 1.54) is 37.7 Å². The first-order valence-electron chi connectivity index (χ1n) is 5.90. The Morgan fingerprint density at radius 2 is 2.14 bits per heavy atom. The Morgan fingerprint density at radius 3 is 2.86 bits per heavy atom. The van der Waals surface area contributed by atoms with Crippen LogP contribution in [0.4, 0.5) is 21.9 Å². The van der Waals surface area contributed by atoms with Crippen LogP contribution in [0.3, 0.4) is 0 Å². The molecule has 0 fully saturated rings. The number of methoxy groups -OCH3 is 1. The van der Waals surface area contributed by atoms with Crippen LogP contribution in [0, 0.1) is 10.1 Å². The van der Waals surface area contributed by atoms with Crippen molar-refractivity contribution in [3.8, 4) is 5.75 Å². The van der Waals surface area contributed by atoms with Gasteiger partial charge in [0.15, 0.2) is 0 Å². The van der Waals surface area contributed by atoms with E-state index < -0.39 is 11.0 Å². The van der Waals surface area contributed by atoms with Gasteiger partial charge in [0.05, 0.1) is 18.2 Å². The highest BCUT2D eigenvalue weighted by atomic mass is 16.6. The van der Waals surface area contributed by atoms with Crippen LogP contribution >= 0.6 is 0 Å². The molecule has 21 heavy (non-hydrogen) atoms. The molecule has 0 radical (unpaired) electrons. The molecule has 0 aliphatic rings. The van der Waals surface area contributed by atoms with Crippen molar-refractivity contribution < 1.29 is 14.5 Å². The van der Waals surface area contributed by atoms with Gasteiger partial charge in [-0.05, 0) is 6.07 Å². The Labute approximate surface area is 119 Å². The highest BCUT2D eigenvalue weighted by Gasteiger charge is 2.10. The molecular formula is C13H12N4O4. The number of urea groups is 1. The van der Waals surface area contributed by atoms with Crippen LogP contribution in [-0.2, 0) is 0 Å². The van der Waals surface area contributed by atoms with Gasteiger partial charge in [-0.1, -0.05) is 6.07 Å². The number of nitro benzene ring substituents is 1.